The number of pyridine rings is 1. The zero-order chi connectivity index (χ0) is 16.3. The van der Waals surface area contributed by atoms with E-state index in [-0.39, 0.29) is 17.9 Å². The van der Waals surface area contributed by atoms with Gasteiger partial charge in [-0.1, -0.05) is 27.2 Å². The molecule has 22 heavy (non-hydrogen) atoms. The molecule has 0 spiro atoms. The van der Waals surface area contributed by atoms with Gasteiger partial charge in [-0.2, -0.15) is 5.10 Å². The molecule has 0 aliphatic carbocycles. The van der Waals surface area contributed by atoms with Crippen LogP contribution in [0, 0.1) is 0 Å². The van der Waals surface area contributed by atoms with E-state index in [1.54, 1.807) is 6.20 Å². The summed E-state index contributed by atoms with van der Waals surface area (Å²) in [6.45, 7) is 11.1. The van der Waals surface area contributed by atoms with E-state index in [0.29, 0.717) is 12.1 Å². The van der Waals surface area contributed by atoms with Crippen LogP contribution in [0.1, 0.15) is 75.5 Å². The van der Waals surface area contributed by atoms with Crippen LogP contribution in [0.5, 0.6) is 0 Å². The average molecular weight is 302 g/mol. The lowest BCUT2D eigenvalue weighted by Gasteiger charge is -2.12. The number of hydrogen-bond donors (Lipinski definition) is 1. The Morgan fingerprint density at radius 3 is 2.64 bits per heavy atom. The van der Waals surface area contributed by atoms with Crippen molar-refractivity contribution in [3.05, 3.63) is 23.5 Å². The molecule has 2 heterocycles. The minimum absolute atomic E-state index is 0.0361. The van der Waals surface area contributed by atoms with Crippen LogP contribution in [0.2, 0.25) is 0 Å². The summed E-state index contributed by atoms with van der Waals surface area (Å²) < 4.78 is 1.88. The van der Waals surface area contributed by atoms with E-state index >= 15 is 0 Å². The first-order valence-electron chi connectivity index (χ1n) is 8.12. The largest absolute Gasteiger partial charge is 0.352 e. The van der Waals surface area contributed by atoms with Gasteiger partial charge in [-0.25, -0.2) is 9.67 Å². The van der Waals surface area contributed by atoms with E-state index < -0.39 is 0 Å². The van der Waals surface area contributed by atoms with Crippen LogP contribution in [0.4, 0.5) is 0 Å². The lowest BCUT2D eigenvalue weighted by molar-refractivity contribution is 0.0954. The molecular weight excluding hydrogens is 276 g/mol. The van der Waals surface area contributed by atoms with Gasteiger partial charge in [0.2, 0.25) is 0 Å². The number of aromatic nitrogens is 3. The maximum atomic E-state index is 12.5. The Morgan fingerprint density at radius 2 is 2.05 bits per heavy atom. The van der Waals surface area contributed by atoms with Crippen molar-refractivity contribution in [2.24, 2.45) is 0 Å². The molecule has 1 N–H and O–H groups in total. The van der Waals surface area contributed by atoms with Crippen LogP contribution < -0.4 is 5.32 Å². The summed E-state index contributed by atoms with van der Waals surface area (Å²) in [5.41, 5.74) is 2.40. The van der Waals surface area contributed by atoms with Crippen LogP contribution in [0.3, 0.4) is 0 Å². The number of carbonyl (C=O) groups is 1. The second-order valence-electron chi connectivity index (χ2n) is 6.28. The molecule has 0 bridgehead atoms. The fourth-order valence-corrected chi connectivity index (χ4v) is 2.37. The first kappa shape index (κ1) is 16.5. The van der Waals surface area contributed by atoms with Gasteiger partial charge in [-0.15, -0.1) is 0 Å². The second kappa shape index (κ2) is 6.90. The standard InChI is InChI=1S/C17H26N4O/c1-6-7-8-18-17(22)13-9-15(11(2)3)20-16-14(13)10-19-21(16)12(4)5/h9-12H,6-8H2,1-5H3,(H,18,22). The molecule has 5 nitrogen and oxygen atoms in total. The van der Waals surface area contributed by atoms with Crippen molar-refractivity contribution < 1.29 is 4.79 Å². The third-order valence-corrected chi connectivity index (χ3v) is 3.73. The van der Waals surface area contributed by atoms with Gasteiger partial charge in [0.15, 0.2) is 5.65 Å². The van der Waals surface area contributed by atoms with E-state index in [9.17, 15) is 4.79 Å². The third kappa shape index (κ3) is 3.29. The lowest BCUT2D eigenvalue weighted by atomic mass is 10.0. The Balaban J connectivity index is 2.49. The van der Waals surface area contributed by atoms with Gasteiger partial charge in [-0.05, 0) is 32.3 Å². The second-order valence-corrected chi connectivity index (χ2v) is 6.28. The highest BCUT2D eigenvalue weighted by atomic mass is 16.1. The summed E-state index contributed by atoms with van der Waals surface area (Å²) in [5, 5.41) is 8.23. The van der Waals surface area contributed by atoms with E-state index in [1.165, 1.54) is 0 Å². The maximum absolute atomic E-state index is 12.5. The Morgan fingerprint density at radius 1 is 1.32 bits per heavy atom. The van der Waals surface area contributed by atoms with Crippen LogP contribution >= 0.6 is 0 Å². The molecule has 2 aromatic heterocycles. The summed E-state index contributed by atoms with van der Waals surface area (Å²) in [7, 11) is 0. The van der Waals surface area contributed by atoms with E-state index in [4.69, 9.17) is 4.98 Å². The number of hydrogen-bond acceptors (Lipinski definition) is 3. The summed E-state index contributed by atoms with van der Waals surface area (Å²) in [6, 6.07) is 2.11. The van der Waals surface area contributed by atoms with Crippen LogP contribution in [0.15, 0.2) is 12.3 Å². The molecule has 2 aromatic rings. The van der Waals surface area contributed by atoms with Crippen molar-refractivity contribution in [1.82, 2.24) is 20.1 Å². The summed E-state index contributed by atoms with van der Waals surface area (Å²) >= 11 is 0. The van der Waals surface area contributed by atoms with Crippen LogP contribution in [-0.2, 0) is 0 Å². The highest BCUT2D eigenvalue weighted by Gasteiger charge is 2.18. The van der Waals surface area contributed by atoms with Crippen molar-refractivity contribution in [2.45, 2.75) is 59.4 Å². The van der Waals surface area contributed by atoms with Crippen molar-refractivity contribution in [3.8, 4) is 0 Å². The van der Waals surface area contributed by atoms with Crippen LogP contribution in [0.25, 0.3) is 11.0 Å². The molecule has 2 rings (SSSR count). The van der Waals surface area contributed by atoms with Crippen molar-refractivity contribution in [1.29, 1.82) is 0 Å². The quantitative estimate of drug-likeness (QED) is 0.828. The minimum atomic E-state index is -0.0361. The number of carbonyl (C=O) groups excluding carboxylic acids is 1. The van der Waals surface area contributed by atoms with Crippen molar-refractivity contribution in [3.63, 3.8) is 0 Å². The molecule has 1 amide bonds. The Bertz CT molecular complexity index is 658. The Kier molecular flexibility index (Phi) is 5.16. The number of nitrogens with zero attached hydrogens (tertiary/aromatic N) is 3. The monoisotopic (exact) mass is 302 g/mol. The summed E-state index contributed by atoms with van der Waals surface area (Å²) in [4.78, 5) is 17.2. The number of rotatable bonds is 6. The zero-order valence-electron chi connectivity index (χ0n) is 14.2. The summed E-state index contributed by atoms with van der Waals surface area (Å²) in [5.74, 6) is 0.230. The average Bonchev–Trinajstić information content (AvgIpc) is 2.90. The number of nitrogens with one attached hydrogen (secondary N) is 1. The molecule has 0 aromatic carbocycles. The first-order chi connectivity index (χ1) is 10.5. The fraction of sp³-hybridized carbons (Fsp3) is 0.588. The van der Waals surface area contributed by atoms with Gasteiger partial charge in [-0.3, -0.25) is 4.79 Å². The molecule has 0 atom stereocenters. The van der Waals surface area contributed by atoms with E-state index in [1.807, 2.05) is 10.7 Å². The molecule has 0 fully saturated rings. The normalized spacial score (nSPS) is 11.6. The van der Waals surface area contributed by atoms with Gasteiger partial charge in [0.05, 0.1) is 17.1 Å². The minimum Gasteiger partial charge on any atom is -0.352 e. The van der Waals surface area contributed by atoms with Gasteiger partial charge < -0.3 is 5.32 Å². The SMILES string of the molecule is CCCCNC(=O)c1cc(C(C)C)nc2c1cnn2C(C)C. The molecule has 0 unspecified atom stereocenters. The number of amides is 1. The van der Waals surface area contributed by atoms with E-state index in [0.717, 1.165) is 29.6 Å². The van der Waals surface area contributed by atoms with Crippen molar-refractivity contribution >= 4 is 16.9 Å². The molecule has 0 radical (unpaired) electrons. The molecule has 0 aliphatic rings. The number of fused-ring (bicyclic) bond motifs is 1. The molecular formula is C17H26N4O. The van der Waals surface area contributed by atoms with Gasteiger partial charge in [0, 0.05) is 18.3 Å². The smallest absolute Gasteiger partial charge is 0.252 e. The Labute approximate surface area is 132 Å². The number of unbranched alkanes of at least 4 members (excludes halogenated alkanes) is 1. The molecule has 0 aliphatic heterocycles. The lowest BCUT2D eigenvalue weighted by Crippen LogP contribution is -2.25. The maximum Gasteiger partial charge on any atom is 0.252 e. The molecule has 0 saturated heterocycles. The van der Waals surface area contributed by atoms with Gasteiger partial charge in [0.25, 0.3) is 5.91 Å². The summed E-state index contributed by atoms with van der Waals surface area (Å²) in [6.07, 6.45) is 3.80. The fourth-order valence-electron chi connectivity index (χ4n) is 2.37. The molecule has 0 saturated carbocycles. The highest BCUT2D eigenvalue weighted by Crippen LogP contribution is 2.24. The van der Waals surface area contributed by atoms with Gasteiger partial charge >= 0.3 is 0 Å². The van der Waals surface area contributed by atoms with Gasteiger partial charge in [0.1, 0.15) is 0 Å². The zero-order valence-corrected chi connectivity index (χ0v) is 14.2. The topological polar surface area (TPSA) is 59.8 Å². The van der Waals surface area contributed by atoms with E-state index in [2.05, 4.69) is 45.0 Å². The third-order valence-electron chi connectivity index (χ3n) is 3.73. The Hall–Kier alpha value is -1.91. The highest BCUT2D eigenvalue weighted by molar-refractivity contribution is 6.05. The molecule has 120 valence electrons. The van der Waals surface area contributed by atoms with Crippen LogP contribution in [-0.4, -0.2) is 27.2 Å². The first-order valence-corrected chi connectivity index (χ1v) is 8.12. The molecule has 5 heteroatoms. The predicted molar refractivity (Wildman–Crippen MR) is 89.2 cm³/mol. The van der Waals surface area contributed by atoms with Crippen molar-refractivity contribution in [2.75, 3.05) is 6.54 Å². The predicted octanol–water partition coefficient (Wildman–Crippen LogP) is 3.67.